The molecule has 2 aromatic carbocycles. The normalized spacial score (nSPS) is 11.9. The minimum atomic E-state index is -0.467. The Hall–Kier alpha value is -3.46. The lowest BCUT2D eigenvalue weighted by Crippen LogP contribution is -2.27. The molecule has 2 aromatic rings. The van der Waals surface area contributed by atoms with Crippen LogP contribution in [0.15, 0.2) is 48.0 Å². The first-order valence-electron chi connectivity index (χ1n) is 8.31. The molecule has 6 nitrogen and oxygen atoms in total. The second kappa shape index (κ2) is 9.30. The van der Waals surface area contributed by atoms with Crippen molar-refractivity contribution in [1.82, 2.24) is 5.32 Å². The number of hydrogen-bond donors (Lipinski definition) is 1. The Kier molecular flexibility index (Phi) is 6.84. The second-order valence-corrected chi connectivity index (χ2v) is 5.72. The van der Waals surface area contributed by atoms with Crippen LogP contribution < -0.4 is 19.5 Å². The summed E-state index contributed by atoms with van der Waals surface area (Å²) < 4.78 is 15.9. The van der Waals surface area contributed by atoms with Crippen molar-refractivity contribution < 1.29 is 19.0 Å². The van der Waals surface area contributed by atoms with E-state index in [1.165, 1.54) is 27.4 Å². The highest BCUT2D eigenvalue weighted by Gasteiger charge is 2.16. The summed E-state index contributed by atoms with van der Waals surface area (Å²) in [5, 5.41) is 12.3. The van der Waals surface area contributed by atoms with Gasteiger partial charge >= 0.3 is 0 Å². The lowest BCUT2D eigenvalue weighted by atomic mass is 10.1. The monoisotopic (exact) mass is 366 g/mol. The van der Waals surface area contributed by atoms with Crippen molar-refractivity contribution in [2.75, 3.05) is 21.3 Å². The zero-order valence-electron chi connectivity index (χ0n) is 15.8. The fourth-order valence-electron chi connectivity index (χ4n) is 2.57. The third-order valence-corrected chi connectivity index (χ3v) is 4.05. The first-order valence-corrected chi connectivity index (χ1v) is 8.31. The smallest absolute Gasteiger partial charge is 0.262 e. The van der Waals surface area contributed by atoms with Gasteiger partial charge in [-0.15, -0.1) is 0 Å². The minimum Gasteiger partial charge on any atom is -0.496 e. The molecule has 0 spiro atoms. The Labute approximate surface area is 159 Å². The highest BCUT2D eigenvalue weighted by molar-refractivity contribution is 6.02. The summed E-state index contributed by atoms with van der Waals surface area (Å²) in [7, 11) is 4.53. The van der Waals surface area contributed by atoms with E-state index in [0.29, 0.717) is 22.8 Å². The number of benzene rings is 2. The Morgan fingerprint density at radius 3 is 2.19 bits per heavy atom. The largest absolute Gasteiger partial charge is 0.496 e. The molecule has 0 saturated carbocycles. The molecule has 0 aromatic heterocycles. The van der Waals surface area contributed by atoms with Gasteiger partial charge in [-0.25, -0.2) is 0 Å². The number of nitrogens with zero attached hydrogens (tertiary/aromatic N) is 1. The molecule has 0 aliphatic carbocycles. The van der Waals surface area contributed by atoms with Crippen LogP contribution in [0.3, 0.4) is 0 Å². The van der Waals surface area contributed by atoms with Crippen LogP contribution in [-0.2, 0) is 4.79 Å². The van der Waals surface area contributed by atoms with E-state index in [2.05, 4.69) is 5.32 Å². The van der Waals surface area contributed by atoms with Crippen LogP contribution in [0.1, 0.15) is 24.1 Å². The molecule has 0 aliphatic rings. The number of methoxy groups -OCH3 is 3. The molecule has 0 unspecified atom stereocenters. The number of hydrogen-bond acceptors (Lipinski definition) is 5. The summed E-state index contributed by atoms with van der Waals surface area (Å²) in [6, 6.07) is 14.5. The van der Waals surface area contributed by atoms with Crippen LogP contribution in [0.4, 0.5) is 0 Å². The maximum Gasteiger partial charge on any atom is 0.262 e. The van der Waals surface area contributed by atoms with Crippen LogP contribution in [0.2, 0.25) is 0 Å². The van der Waals surface area contributed by atoms with Gasteiger partial charge in [-0.2, -0.15) is 5.26 Å². The first-order chi connectivity index (χ1) is 13.0. The Balaban J connectivity index is 2.32. The second-order valence-electron chi connectivity index (χ2n) is 5.72. The number of nitriles is 1. The highest BCUT2D eigenvalue weighted by Crippen LogP contribution is 2.35. The van der Waals surface area contributed by atoms with Crippen LogP contribution in [0, 0.1) is 11.3 Å². The van der Waals surface area contributed by atoms with E-state index in [0.717, 1.165) is 5.56 Å². The quantitative estimate of drug-likeness (QED) is 0.599. The number of nitrogens with one attached hydrogen (secondary N) is 1. The van der Waals surface area contributed by atoms with Crippen LogP contribution in [0.25, 0.3) is 6.08 Å². The molecule has 1 N–H and O–H groups in total. The predicted molar refractivity (Wildman–Crippen MR) is 103 cm³/mol. The Morgan fingerprint density at radius 2 is 1.63 bits per heavy atom. The van der Waals surface area contributed by atoms with Crippen molar-refractivity contribution in [3.05, 3.63) is 59.2 Å². The average molecular weight is 366 g/mol. The van der Waals surface area contributed by atoms with E-state index in [4.69, 9.17) is 14.2 Å². The molecule has 6 heteroatoms. The van der Waals surface area contributed by atoms with Crippen molar-refractivity contribution >= 4 is 12.0 Å². The maximum absolute atomic E-state index is 12.5. The van der Waals surface area contributed by atoms with Crippen molar-refractivity contribution in [2.24, 2.45) is 0 Å². The zero-order valence-corrected chi connectivity index (χ0v) is 15.8. The molecule has 2 rings (SSSR count). The molecular formula is C21H22N2O4. The van der Waals surface area contributed by atoms with Gasteiger partial charge in [-0.3, -0.25) is 4.79 Å². The van der Waals surface area contributed by atoms with Crippen molar-refractivity contribution in [2.45, 2.75) is 13.0 Å². The topological polar surface area (TPSA) is 80.6 Å². The fraction of sp³-hybridized carbons (Fsp3) is 0.238. The van der Waals surface area contributed by atoms with Gasteiger partial charge < -0.3 is 19.5 Å². The number of ether oxygens (including phenoxy) is 3. The first kappa shape index (κ1) is 19.9. The van der Waals surface area contributed by atoms with Crippen LogP contribution in [0.5, 0.6) is 17.2 Å². The molecule has 0 saturated heterocycles. The number of rotatable bonds is 7. The Morgan fingerprint density at radius 1 is 1.04 bits per heavy atom. The van der Waals surface area contributed by atoms with Gasteiger partial charge in [0.05, 0.1) is 27.4 Å². The van der Waals surface area contributed by atoms with Gasteiger partial charge in [-0.1, -0.05) is 30.3 Å². The molecule has 0 fully saturated rings. The maximum atomic E-state index is 12.5. The summed E-state index contributed by atoms with van der Waals surface area (Å²) in [6.07, 6.45) is 1.47. The van der Waals surface area contributed by atoms with Gasteiger partial charge in [0.25, 0.3) is 5.91 Å². The van der Waals surface area contributed by atoms with Gasteiger partial charge in [-0.05, 0) is 24.6 Å². The highest BCUT2D eigenvalue weighted by atomic mass is 16.5. The van der Waals surface area contributed by atoms with E-state index in [-0.39, 0.29) is 11.6 Å². The molecule has 0 heterocycles. The summed E-state index contributed by atoms with van der Waals surface area (Å²) in [5.74, 6) is 0.960. The lowest BCUT2D eigenvalue weighted by Gasteiger charge is -2.15. The van der Waals surface area contributed by atoms with E-state index in [1.54, 1.807) is 12.1 Å². The SMILES string of the molecule is COc1cc(OC)c(OC)cc1/C=C(\C#N)C(=O)N[C@H](C)c1ccccc1. The summed E-state index contributed by atoms with van der Waals surface area (Å²) in [5.41, 5.74) is 1.45. The fourth-order valence-corrected chi connectivity index (χ4v) is 2.57. The van der Waals surface area contributed by atoms with Crippen molar-refractivity contribution in [3.8, 4) is 23.3 Å². The Bertz CT molecular complexity index is 870. The van der Waals surface area contributed by atoms with E-state index in [1.807, 2.05) is 43.3 Å². The third-order valence-electron chi connectivity index (χ3n) is 4.05. The molecule has 27 heavy (non-hydrogen) atoms. The summed E-state index contributed by atoms with van der Waals surface area (Å²) in [4.78, 5) is 12.5. The zero-order chi connectivity index (χ0) is 19.8. The molecule has 1 amide bonds. The molecule has 0 radical (unpaired) electrons. The van der Waals surface area contributed by atoms with Crippen molar-refractivity contribution in [1.29, 1.82) is 5.26 Å². The molecule has 0 aliphatic heterocycles. The summed E-state index contributed by atoms with van der Waals surface area (Å²) in [6.45, 7) is 1.86. The van der Waals surface area contributed by atoms with Crippen molar-refractivity contribution in [3.63, 3.8) is 0 Å². The van der Waals surface area contributed by atoms with Crippen LogP contribution >= 0.6 is 0 Å². The predicted octanol–water partition coefficient (Wildman–Crippen LogP) is 3.50. The van der Waals surface area contributed by atoms with E-state index in [9.17, 15) is 10.1 Å². The van der Waals surface area contributed by atoms with Gasteiger partial charge in [0, 0.05) is 11.6 Å². The summed E-state index contributed by atoms with van der Waals surface area (Å²) >= 11 is 0. The molecule has 140 valence electrons. The molecular weight excluding hydrogens is 344 g/mol. The van der Waals surface area contributed by atoms with E-state index >= 15 is 0 Å². The minimum absolute atomic E-state index is 0.0386. The molecule has 1 atom stereocenters. The third kappa shape index (κ3) is 4.79. The number of amides is 1. The average Bonchev–Trinajstić information content (AvgIpc) is 2.71. The van der Waals surface area contributed by atoms with Gasteiger partial charge in [0.2, 0.25) is 0 Å². The number of carbonyl (C=O) groups is 1. The van der Waals surface area contributed by atoms with E-state index < -0.39 is 5.91 Å². The molecule has 0 bridgehead atoms. The van der Waals surface area contributed by atoms with Crippen LogP contribution in [-0.4, -0.2) is 27.2 Å². The van der Waals surface area contributed by atoms with Gasteiger partial charge in [0.1, 0.15) is 17.4 Å². The lowest BCUT2D eigenvalue weighted by molar-refractivity contribution is -0.117. The van der Waals surface area contributed by atoms with Gasteiger partial charge in [0.15, 0.2) is 11.5 Å². The standard InChI is InChI=1S/C21H22N2O4/c1-14(15-8-6-5-7-9-15)23-21(24)17(13-22)10-16-11-19(26-3)20(27-4)12-18(16)25-2/h5-12,14H,1-4H3,(H,23,24)/b17-10+/t14-/m1/s1. The number of carbonyl (C=O) groups excluding carboxylic acids is 1.